The third-order valence-electron chi connectivity index (χ3n) is 2.62. The van der Waals surface area contributed by atoms with E-state index in [1.165, 1.54) is 6.08 Å². The fourth-order valence-corrected chi connectivity index (χ4v) is 1.59. The first-order valence-corrected chi connectivity index (χ1v) is 6.79. The van der Waals surface area contributed by atoms with Gasteiger partial charge in [-0.05, 0) is 37.6 Å². The molecule has 1 N–H and O–H groups in total. The fraction of sp³-hybridized carbons (Fsp3) is 0.312. The summed E-state index contributed by atoms with van der Waals surface area (Å²) in [5, 5.41) is 2.73. The quantitative estimate of drug-likeness (QED) is 0.476. The summed E-state index contributed by atoms with van der Waals surface area (Å²) >= 11 is 0. The summed E-state index contributed by atoms with van der Waals surface area (Å²) in [6, 6.07) is 6.48. The smallest absolute Gasteiger partial charge is 0.330 e. The molecule has 0 saturated carbocycles. The molecule has 0 heterocycles. The van der Waals surface area contributed by atoms with Crippen LogP contribution in [0.3, 0.4) is 0 Å². The number of carbonyl (C=O) groups is 3. The van der Waals surface area contributed by atoms with E-state index in [4.69, 9.17) is 4.74 Å². The normalized spacial score (nSPS) is 10.4. The molecule has 21 heavy (non-hydrogen) atoms. The van der Waals surface area contributed by atoms with Crippen LogP contribution in [0.25, 0.3) is 0 Å². The van der Waals surface area contributed by atoms with Gasteiger partial charge in [0.05, 0.1) is 0 Å². The average molecular weight is 289 g/mol. The van der Waals surface area contributed by atoms with Gasteiger partial charge in [-0.3, -0.25) is 9.59 Å². The number of rotatable bonds is 7. The zero-order valence-electron chi connectivity index (χ0n) is 12.2. The number of ketones is 1. The molecule has 0 fully saturated rings. The Bertz CT molecular complexity index is 532. The topological polar surface area (TPSA) is 72.5 Å². The van der Waals surface area contributed by atoms with Crippen molar-refractivity contribution in [2.24, 2.45) is 0 Å². The molecule has 0 aliphatic rings. The highest BCUT2D eigenvalue weighted by atomic mass is 16.5. The lowest BCUT2D eigenvalue weighted by Crippen LogP contribution is -2.13. The van der Waals surface area contributed by atoms with E-state index < -0.39 is 5.97 Å². The Morgan fingerprint density at radius 3 is 2.43 bits per heavy atom. The Balaban J connectivity index is 2.55. The van der Waals surface area contributed by atoms with E-state index in [1.807, 2.05) is 6.92 Å². The summed E-state index contributed by atoms with van der Waals surface area (Å²) in [5.41, 5.74) is 1.06. The molecule has 0 bridgehead atoms. The highest BCUT2D eigenvalue weighted by molar-refractivity contribution is 5.99. The molecular formula is C16H19NO4. The summed E-state index contributed by atoms with van der Waals surface area (Å²) in [5.74, 6) is -0.898. The first-order valence-electron chi connectivity index (χ1n) is 6.79. The van der Waals surface area contributed by atoms with Crippen molar-refractivity contribution in [3.05, 3.63) is 42.0 Å². The summed E-state index contributed by atoms with van der Waals surface area (Å²) < 4.78 is 4.78. The molecule has 1 rings (SSSR count). The molecule has 0 aromatic heterocycles. The van der Waals surface area contributed by atoms with Gasteiger partial charge in [0.1, 0.15) is 0 Å². The van der Waals surface area contributed by atoms with Gasteiger partial charge in [0, 0.05) is 23.7 Å². The van der Waals surface area contributed by atoms with Crippen LogP contribution >= 0.6 is 0 Å². The SMILES string of the molecule is CC=CC(=O)OCC(=O)c1ccc(NC(=O)CCC)cc1. The van der Waals surface area contributed by atoms with Crippen LogP contribution in [-0.4, -0.2) is 24.3 Å². The van der Waals surface area contributed by atoms with Crippen LogP contribution in [0.5, 0.6) is 0 Å². The van der Waals surface area contributed by atoms with Gasteiger partial charge in [-0.2, -0.15) is 0 Å². The van der Waals surface area contributed by atoms with Gasteiger partial charge in [0.15, 0.2) is 12.4 Å². The van der Waals surface area contributed by atoms with Gasteiger partial charge >= 0.3 is 5.97 Å². The lowest BCUT2D eigenvalue weighted by molar-refractivity contribution is -0.136. The summed E-state index contributed by atoms with van der Waals surface area (Å²) in [6.45, 7) is 3.32. The molecule has 5 nitrogen and oxygen atoms in total. The van der Waals surface area contributed by atoms with Crippen LogP contribution in [0, 0.1) is 0 Å². The Morgan fingerprint density at radius 2 is 1.86 bits per heavy atom. The first-order chi connectivity index (χ1) is 10.1. The zero-order chi connectivity index (χ0) is 15.7. The van der Waals surface area contributed by atoms with Gasteiger partial charge in [-0.15, -0.1) is 0 Å². The number of allylic oxidation sites excluding steroid dienone is 1. The Hall–Kier alpha value is -2.43. The van der Waals surface area contributed by atoms with Gasteiger partial charge < -0.3 is 10.1 Å². The maximum Gasteiger partial charge on any atom is 0.330 e. The number of carbonyl (C=O) groups excluding carboxylic acids is 3. The number of nitrogens with one attached hydrogen (secondary N) is 1. The lowest BCUT2D eigenvalue weighted by Gasteiger charge is -2.06. The predicted octanol–water partition coefficient (Wildman–Crippen LogP) is 2.73. The minimum Gasteiger partial charge on any atom is -0.454 e. The first kappa shape index (κ1) is 16.6. The largest absolute Gasteiger partial charge is 0.454 e. The molecule has 1 aromatic rings. The van der Waals surface area contributed by atoms with Gasteiger partial charge in [0.25, 0.3) is 0 Å². The van der Waals surface area contributed by atoms with Crippen molar-refractivity contribution < 1.29 is 19.1 Å². The zero-order valence-corrected chi connectivity index (χ0v) is 12.2. The standard InChI is InChI=1S/C16H19NO4/c1-3-5-15(19)17-13-9-7-12(8-10-13)14(18)11-21-16(20)6-4-2/h4,6-10H,3,5,11H2,1-2H3,(H,17,19). The molecule has 0 spiro atoms. The predicted molar refractivity (Wildman–Crippen MR) is 80.1 cm³/mol. The molecule has 0 saturated heterocycles. The van der Waals surface area contributed by atoms with Gasteiger partial charge in [0.2, 0.25) is 5.91 Å². The second-order valence-electron chi connectivity index (χ2n) is 4.41. The fourth-order valence-electron chi connectivity index (χ4n) is 1.59. The highest BCUT2D eigenvalue weighted by Gasteiger charge is 2.09. The van der Waals surface area contributed by atoms with Crippen LogP contribution in [0.2, 0.25) is 0 Å². The second-order valence-corrected chi connectivity index (χ2v) is 4.41. The van der Waals surface area contributed by atoms with Crippen molar-refractivity contribution >= 4 is 23.3 Å². The molecule has 0 radical (unpaired) electrons. The Kier molecular flexibility index (Phi) is 6.87. The van der Waals surface area contributed by atoms with Crippen LogP contribution in [0.4, 0.5) is 5.69 Å². The van der Waals surface area contributed by atoms with E-state index in [-0.39, 0.29) is 18.3 Å². The highest BCUT2D eigenvalue weighted by Crippen LogP contribution is 2.11. The molecule has 5 heteroatoms. The van der Waals surface area contributed by atoms with Gasteiger partial charge in [-0.25, -0.2) is 4.79 Å². The number of amides is 1. The van der Waals surface area contributed by atoms with E-state index >= 15 is 0 Å². The number of Topliss-reactive ketones (excluding diaryl/α,β-unsaturated/α-hetero) is 1. The summed E-state index contributed by atoms with van der Waals surface area (Å²) in [6.07, 6.45) is 4.03. The number of anilines is 1. The third kappa shape index (κ3) is 6.03. The van der Waals surface area contributed by atoms with Crippen molar-refractivity contribution in [3.8, 4) is 0 Å². The molecular weight excluding hydrogens is 270 g/mol. The Morgan fingerprint density at radius 1 is 1.19 bits per heavy atom. The molecule has 0 aliphatic carbocycles. The van der Waals surface area contributed by atoms with E-state index in [1.54, 1.807) is 37.3 Å². The molecule has 112 valence electrons. The number of esters is 1. The Labute approximate surface area is 124 Å². The molecule has 1 amide bonds. The van der Waals surface area contributed by atoms with Crippen molar-refractivity contribution in [2.45, 2.75) is 26.7 Å². The number of benzene rings is 1. The number of hydrogen-bond donors (Lipinski definition) is 1. The third-order valence-corrected chi connectivity index (χ3v) is 2.62. The van der Waals surface area contributed by atoms with Crippen molar-refractivity contribution in [1.82, 2.24) is 0 Å². The maximum atomic E-state index is 11.8. The van der Waals surface area contributed by atoms with Crippen LogP contribution in [0.1, 0.15) is 37.0 Å². The van der Waals surface area contributed by atoms with Crippen molar-refractivity contribution in [2.75, 3.05) is 11.9 Å². The summed E-state index contributed by atoms with van der Waals surface area (Å²) in [4.78, 5) is 34.3. The van der Waals surface area contributed by atoms with Crippen LogP contribution in [-0.2, 0) is 14.3 Å². The van der Waals surface area contributed by atoms with E-state index in [0.717, 1.165) is 6.42 Å². The molecule has 0 atom stereocenters. The molecule has 1 aromatic carbocycles. The monoisotopic (exact) mass is 289 g/mol. The number of hydrogen-bond acceptors (Lipinski definition) is 4. The van der Waals surface area contributed by atoms with E-state index in [0.29, 0.717) is 17.7 Å². The molecule has 0 unspecified atom stereocenters. The van der Waals surface area contributed by atoms with Crippen LogP contribution in [0.15, 0.2) is 36.4 Å². The summed E-state index contributed by atoms with van der Waals surface area (Å²) in [7, 11) is 0. The van der Waals surface area contributed by atoms with E-state index in [2.05, 4.69) is 5.32 Å². The minimum atomic E-state index is -0.547. The van der Waals surface area contributed by atoms with Crippen molar-refractivity contribution in [1.29, 1.82) is 0 Å². The average Bonchev–Trinajstić information content (AvgIpc) is 2.46. The maximum absolute atomic E-state index is 11.8. The number of ether oxygens (including phenoxy) is 1. The molecule has 0 aliphatic heterocycles. The van der Waals surface area contributed by atoms with Crippen molar-refractivity contribution in [3.63, 3.8) is 0 Å². The minimum absolute atomic E-state index is 0.0585. The second kappa shape index (κ2) is 8.68. The lowest BCUT2D eigenvalue weighted by atomic mass is 10.1. The van der Waals surface area contributed by atoms with Gasteiger partial charge in [-0.1, -0.05) is 13.0 Å². The van der Waals surface area contributed by atoms with E-state index in [9.17, 15) is 14.4 Å². The van der Waals surface area contributed by atoms with Crippen LogP contribution < -0.4 is 5.32 Å².